The van der Waals surface area contributed by atoms with Crippen LogP contribution in [-0.4, -0.2) is 41.4 Å². The molecule has 1 aliphatic rings. The number of anilines is 1. The second-order valence-corrected chi connectivity index (χ2v) is 5.13. The van der Waals surface area contributed by atoms with Gasteiger partial charge in [-0.25, -0.2) is 4.98 Å². The maximum atomic E-state index is 4.62. The van der Waals surface area contributed by atoms with Gasteiger partial charge in [0.2, 0.25) is 0 Å². The molecule has 0 radical (unpaired) electrons. The van der Waals surface area contributed by atoms with Gasteiger partial charge in [-0.2, -0.15) is 0 Å². The lowest BCUT2D eigenvalue weighted by atomic mass is 10.1. The molecule has 0 bridgehead atoms. The Bertz CT molecular complexity index is 588. The van der Waals surface area contributed by atoms with E-state index in [1.807, 2.05) is 6.92 Å². The Morgan fingerprint density at radius 1 is 1.00 bits per heavy atom. The molecule has 5 nitrogen and oxygen atoms in total. The van der Waals surface area contributed by atoms with Crippen LogP contribution in [0.15, 0.2) is 24.3 Å². The minimum Gasteiger partial charge on any atom is -0.352 e. The number of hydrogen-bond donors (Lipinski definition) is 1. The topological polar surface area (TPSA) is 53.9 Å². The van der Waals surface area contributed by atoms with E-state index in [1.165, 1.54) is 5.56 Å². The quantitative estimate of drug-likeness (QED) is 0.896. The molecule has 1 aromatic heterocycles. The van der Waals surface area contributed by atoms with Crippen molar-refractivity contribution < 1.29 is 0 Å². The van der Waals surface area contributed by atoms with Gasteiger partial charge in [0.15, 0.2) is 5.82 Å². The van der Waals surface area contributed by atoms with Gasteiger partial charge in [-0.1, -0.05) is 29.8 Å². The minimum atomic E-state index is 0.717. The van der Waals surface area contributed by atoms with Crippen LogP contribution in [0.3, 0.4) is 0 Å². The maximum absolute atomic E-state index is 4.62. The van der Waals surface area contributed by atoms with Crippen LogP contribution in [0.4, 0.5) is 5.82 Å². The Morgan fingerprint density at radius 2 is 1.70 bits per heavy atom. The number of hydrogen-bond acceptors (Lipinski definition) is 5. The fraction of sp³-hybridized carbons (Fsp3) is 0.400. The molecule has 104 valence electrons. The first-order chi connectivity index (χ1) is 9.74. The predicted molar refractivity (Wildman–Crippen MR) is 79.8 cm³/mol. The summed E-state index contributed by atoms with van der Waals surface area (Å²) in [4.78, 5) is 6.91. The van der Waals surface area contributed by atoms with Gasteiger partial charge in [0.1, 0.15) is 11.5 Å². The van der Waals surface area contributed by atoms with Crippen molar-refractivity contribution in [2.24, 2.45) is 0 Å². The number of benzene rings is 1. The van der Waals surface area contributed by atoms with Crippen molar-refractivity contribution in [3.8, 4) is 11.3 Å². The third-order valence-electron chi connectivity index (χ3n) is 3.52. The van der Waals surface area contributed by atoms with Crippen LogP contribution in [0.25, 0.3) is 11.3 Å². The molecular formula is C15H19N5. The minimum absolute atomic E-state index is 0.717. The second kappa shape index (κ2) is 5.54. The zero-order chi connectivity index (χ0) is 13.9. The molecule has 1 N–H and O–H groups in total. The summed E-state index contributed by atoms with van der Waals surface area (Å²) in [6, 6.07) is 8.36. The fourth-order valence-corrected chi connectivity index (χ4v) is 2.39. The lowest BCUT2D eigenvalue weighted by Crippen LogP contribution is -2.44. The zero-order valence-corrected chi connectivity index (χ0v) is 11.9. The standard InChI is InChI=1S/C15H19N5/c1-11-3-5-13(6-4-11)14-15(17-12(2)18-19-14)20-9-7-16-8-10-20/h3-6,16H,7-10H2,1-2H3. The van der Waals surface area contributed by atoms with Crippen LogP contribution in [0.2, 0.25) is 0 Å². The Balaban J connectivity index is 2.03. The van der Waals surface area contributed by atoms with Crippen molar-refractivity contribution in [1.29, 1.82) is 0 Å². The zero-order valence-electron chi connectivity index (χ0n) is 11.9. The molecule has 3 rings (SSSR count). The van der Waals surface area contributed by atoms with E-state index in [2.05, 4.69) is 56.6 Å². The Hall–Kier alpha value is -2.01. The van der Waals surface area contributed by atoms with Crippen LogP contribution >= 0.6 is 0 Å². The summed E-state index contributed by atoms with van der Waals surface area (Å²) in [7, 11) is 0. The SMILES string of the molecule is Cc1ccc(-c2nnc(C)nc2N2CCNCC2)cc1. The van der Waals surface area contributed by atoms with Gasteiger partial charge < -0.3 is 10.2 Å². The van der Waals surface area contributed by atoms with Crippen LogP contribution < -0.4 is 10.2 Å². The summed E-state index contributed by atoms with van der Waals surface area (Å²) in [6.45, 7) is 7.85. The molecule has 0 atom stereocenters. The van der Waals surface area contributed by atoms with Crippen LogP contribution in [0.5, 0.6) is 0 Å². The van der Waals surface area contributed by atoms with E-state index in [4.69, 9.17) is 0 Å². The third kappa shape index (κ3) is 2.63. The molecule has 0 amide bonds. The van der Waals surface area contributed by atoms with E-state index in [0.29, 0.717) is 0 Å². The van der Waals surface area contributed by atoms with Gasteiger partial charge in [-0.3, -0.25) is 0 Å². The van der Waals surface area contributed by atoms with Crippen molar-refractivity contribution in [3.05, 3.63) is 35.7 Å². The monoisotopic (exact) mass is 269 g/mol. The van der Waals surface area contributed by atoms with Crippen molar-refractivity contribution in [2.45, 2.75) is 13.8 Å². The average molecular weight is 269 g/mol. The molecule has 1 aliphatic heterocycles. The molecule has 0 spiro atoms. The molecule has 0 unspecified atom stereocenters. The summed E-state index contributed by atoms with van der Waals surface area (Å²) in [5.74, 6) is 1.66. The van der Waals surface area contributed by atoms with Gasteiger partial charge in [0.05, 0.1) is 0 Å². The lowest BCUT2D eigenvalue weighted by molar-refractivity contribution is 0.583. The lowest BCUT2D eigenvalue weighted by Gasteiger charge is -2.29. The molecule has 1 aromatic carbocycles. The Morgan fingerprint density at radius 3 is 2.40 bits per heavy atom. The molecule has 2 aromatic rings. The molecule has 0 saturated carbocycles. The first kappa shape index (κ1) is 13.0. The highest BCUT2D eigenvalue weighted by Gasteiger charge is 2.18. The highest BCUT2D eigenvalue weighted by molar-refractivity contribution is 5.72. The summed E-state index contributed by atoms with van der Waals surface area (Å²) in [5, 5.41) is 11.9. The normalized spacial score (nSPS) is 15.4. The molecular weight excluding hydrogens is 250 g/mol. The summed E-state index contributed by atoms with van der Waals surface area (Å²) in [5.41, 5.74) is 3.19. The third-order valence-corrected chi connectivity index (χ3v) is 3.52. The summed E-state index contributed by atoms with van der Waals surface area (Å²) in [6.07, 6.45) is 0. The fourth-order valence-electron chi connectivity index (χ4n) is 2.39. The summed E-state index contributed by atoms with van der Waals surface area (Å²) < 4.78 is 0. The van der Waals surface area contributed by atoms with Crippen molar-refractivity contribution in [1.82, 2.24) is 20.5 Å². The molecule has 5 heteroatoms. The van der Waals surface area contributed by atoms with Crippen molar-refractivity contribution in [3.63, 3.8) is 0 Å². The van der Waals surface area contributed by atoms with E-state index in [9.17, 15) is 0 Å². The van der Waals surface area contributed by atoms with Gasteiger partial charge in [0, 0.05) is 31.7 Å². The first-order valence-electron chi connectivity index (χ1n) is 6.98. The second-order valence-electron chi connectivity index (χ2n) is 5.13. The number of nitrogens with one attached hydrogen (secondary N) is 1. The largest absolute Gasteiger partial charge is 0.352 e. The number of aromatic nitrogens is 3. The van der Waals surface area contributed by atoms with Crippen LogP contribution in [0, 0.1) is 13.8 Å². The molecule has 1 fully saturated rings. The molecule has 20 heavy (non-hydrogen) atoms. The van der Waals surface area contributed by atoms with E-state index in [-0.39, 0.29) is 0 Å². The van der Waals surface area contributed by atoms with Gasteiger partial charge in [0.25, 0.3) is 0 Å². The number of rotatable bonds is 2. The van der Waals surface area contributed by atoms with Gasteiger partial charge in [-0.15, -0.1) is 10.2 Å². The average Bonchev–Trinajstić information content (AvgIpc) is 2.49. The predicted octanol–water partition coefficient (Wildman–Crippen LogP) is 1.57. The molecule has 0 aliphatic carbocycles. The number of nitrogens with zero attached hydrogens (tertiary/aromatic N) is 4. The van der Waals surface area contributed by atoms with Crippen molar-refractivity contribution in [2.75, 3.05) is 31.1 Å². The van der Waals surface area contributed by atoms with E-state index < -0.39 is 0 Å². The van der Waals surface area contributed by atoms with Gasteiger partial charge in [-0.05, 0) is 13.8 Å². The van der Waals surface area contributed by atoms with Crippen molar-refractivity contribution >= 4 is 5.82 Å². The maximum Gasteiger partial charge on any atom is 0.159 e. The first-order valence-corrected chi connectivity index (χ1v) is 6.98. The Labute approximate surface area is 119 Å². The highest BCUT2D eigenvalue weighted by atomic mass is 15.3. The van der Waals surface area contributed by atoms with E-state index in [1.54, 1.807) is 0 Å². The highest BCUT2D eigenvalue weighted by Crippen LogP contribution is 2.26. The number of aryl methyl sites for hydroxylation is 2. The molecule has 1 saturated heterocycles. The van der Waals surface area contributed by atoms with Crippen LogP contribution in [-0.2, 0) is 0 Å². The summed E-state index contributed by atoms with van der Waals surface area (Å²) >= 11 is 0. The smallest absolute Gasteiger partial charge is 0.159 e. The number of piperazine rings is 1. The van der Waals surface area contributed by atoms with Crippen LogP contribution in [0.1, 0.15) is 11.4 Å². The van der Waals surface area contributed by atoms with Gasteiger partial charge >= 0.3 is 0 Å². The van der Waals surface area contributed by atoms with E-state index >= 15 is 0 Å². The Kier molecular flexibility index (Phi) is 3.60. The molecule has 2 heterocycles. The van der Waals surface area contributed by atoms with E-state index in [0.717, 1.165) is 49.1 Å².